The summed E-state index contributed by atoms with van der Waals surface area (Å²) in [6, 6.07) is 0. The van der Waals surface area contributed by atoms with Crippen molar-refractivity contribution < 1.29 is 23.8 Å². The van der Waals surface area contributed by atoms with Gasteiger partial charge in [0.1, 0.15) is 26.2 Å². The van der Waals surface area contributed by atoms with Gasteiger partial charge in [0.15, 0.2) is 0 Å². The minimum atomic E-state index is -0.202. The third kappa shape index (κ3) is 37.0. The fourth-order valence-corrected chi connectivity index (χ4v) is 8.53. The van der Waals surface area contributed by atoms with Gasteiger partial charge >= 0.3 is 0 Å². The molecule has 0 fully saturated rings. The molecule has 0 saturated carbocycles. The molecule has 5 heteroatoms. The van der Waals surface area contributed by atoms with Crippen LogP contribution in [-0.4, -0.2) is 38.4 Å². The maximum Gasteiger partial charge on any atom is 0.150 e. The van der Waals surface area contributed by atoms with Crippen LogP contribution in [0.3, 0.4) is 0 Å². The van der Waals surface area contributed by atoms with Crippen molar-refractivity contribution in [3.8, 4) is 0 Å². The highest BCUT2D eigenvalue weighted by molar-refractivity contribution is 5.81. The van der Waals surface area contributed by atoms with E-state index < -0.39 is 0 Å². The SMILES string of the molecule is CCCCCCCC=C(C=O)C(=CCCCCCCC)C(CCCCCCCC)OCOCOC(CCCCCCCC)C(=CCCCCCCC)C(C=O)=CCCCCCCC. The Morgan fingerprint density at radius 3 is 0.873 bits per heavy atom. The molecule has 0 bridgehead atoms. The number of aldehydes is 2. The molecule has 0 amide bonds. The van der Waals surface area contributed by atoms with Crippen LogP contribution in [0.2, 0.25) is 0 Å². The molecule has 0 saturated heterocycles. The summed E-state index contributed by atoms with van der Waals surface area (Å²) in [6.45, 7) is 13.8. The average molecular weight is 883 g/mol. The summed E-state index contributed by atoms with van der Waals surface area (Å²) in [5.74, 6) is 0. The van der Waals surface area contributed by atoms with Crippen LogP contribution in [0.25, 0.3) is 0 Å². The van der Waals surface area contributed by atoms with E-state index in [1.807, 2.05) is 0 Å². The molecule has 2 unspecified atom stereocenters. The zero-order valence-corrected chi connectivity index (χ0v) is 42.9. The van der Waals surface area contributed by atoms with Crippen molar-refractivity contribution in [1.82, 2.24) is 0 Å². The first kappa shape index (κ1) is 61.2. The van der Waals surface area contributed by atoms with E-state index in [0.717, 1.165) is 112 Å². The summed E-state index contributed by atoms with van der Waals surface area (Å²) in [5.41, 5.74) is 3.70. The lowest BCUT2D eigenvalue weighted by molar-refractivity contribution is -0.156. The van der Waals surface area contributed by atoms with Gasteiger partial charge in [0.05, 0.1) is 12.2 Å². The first-order valence-corrected chi connectivity index (χ1v) is 27.6. The van der Waals surface area contributed by atoms with Gasteiger partial charge in [-0.1, -0.05) is 246 Å². The molecule has 0 aliphatic heterocycles. The zero-order valence-electron chi connectivity index (χ0n) is 42.9. The molecule has 0 radical (unpaired) electrons. The third-order valence-corrected chi connectivity index (χ3v) is 12.6. The van der Waals surface area contributed by atoms with Gasteiger partial charge in [-0.3, -0.25) is 9.59 Å². The number of hydrogen-bond donors (Lipinski definition) is 0. The van der Waals surface area contributed by atoms with Crippen molar-refractivity contribution in [3.63, 3.8) is 0 Å². The molecule has 0 aliphatic carbocycles. The quantitative estimate of drug-likeness (QED) is 0.0200. The van der Waals surface area contributed by atoms with E-state index in [4.69, 9.17) is 14.2 Å². The number of carbonyl (C=O) groups is 2. The van der Waals surface area contributed by atoms with E-state index >= 15 is 0 Å². The highest BCUT2D eigenvalue weighted by atomic mass is 16.7. The summed E-state index contributed by atoms with van der Waals surface area (Å²) < 4.78 is 19.6. The van der Waals surface area contributed by atoms with Crippen LogP contribution < -0.4 is 0 Å². The molecule has 0 aromatic heterocycles. The molecule has 5 nitrogen and oxygen atoms in total. The van der Waals surface area contributed by atoms with Crippen molar-refractivity contribution in [2.75, 3.05) is 13.6 Å². The van der Waals surface area contributed by atoms with E-state index in [1.54, 1.807) is 0 Å². The van der Waals surface area contributed by atoms with Gasteiger partial charge < -0.3 is 14.2 Å². The molecule has 63 heavy (non-hydrogen) atoms. The molecule has 2 atom stereocenters. The maximum atomic E-state index is 12.8. The third-order valence-electron chi connectivity index (χ3n) is 12.6. The fourth-order valence-electron chi connectivity index (χ4n) is 8.53. The predicted octanol–water partition coefficient (Wildman–Crippen LogP) is 18.7. The lowest BCUT2D eigenvalue weighted by Gasteiger charge is -2.24. The molecule has 0 aliphatic rings. The van der Waals surface area contributed by atoms with Gasteiger partial charge in [0.2, 0.25) is 0 Å². The second kappa shape index (κ2) is 49.6. The van der Waals surface area contributed by atoms with Crippen LogP contribution >= 0.6 is 0 Å². The predicted molar refractivity (Wildman–Crippen MR) is 275 cm³/mol. The van der Waals surface area contributed by atoms with E-state index in [2.05, 4.69) is 65.8 Å². The monoisotopic (exact) mass is 883 g/mol. The van der Waals surface area contributed by atoms with Crippen LogP contribution in [0.15, 0.2) is 46.6 Å². The van der Waals surface area contributed by atoms with Gasteiger partial charge in [0, 0.05) is 11.1 Å². The van der Waals surface area contributed by atoms with Gasteiger partial charge in [-0.25, -0.2) is 0 Å². The first-order valence-electron chi connectivity index (χ1n) is 27.6. The molecule has 0 rings (SSSR count). The van der Waals surface area contributed by atoms with E-state index in [-0.39, 0.29) is 25.8 Å². The maximum absolute atomic E-state index is 12.8. The molecular formula is C58H106O5. The molecule has 0 spiro atoms. The second-order valence-corrected chi connectivity index (χ2v) is 18.5. The summed E-state index contributed by atoms with van der Waals surface area (Å²) in [6.07, 6.45) is 55.2. The lowest BCUT2D eigenvalue weighted by atomic mass is 9.93. The Balaban J connectivity index is 6.34. The zero-order chi connectivity index (χ0) is 46.1. The molecule has 0 aromatic rings. The standard InChI is InChI=1S/C58H106O5/c1-7-13-19-25-31-37-43-53(49-59)55(45-39-33-27-21-15-9-3)57(47-41-35-29-23-17-11-5)62-51-61-52-63-58(48-42-36-30-24-18-12-6)56(46-40-34-28-22-16-10-4)54(50-60)44-38-32-26-20-14-8-2/h43-46,49-50,57-58H,7-42,47-48,51-52H2,1-6H3. The summed E-state index contributed by atoms with van der Waals surface area (Å²) in [5, 5.41) is 0. The van der Waals surface area contributed by atoms with Crippen molar-refractivity contribution in [1.29, 1.82) is 0 Å². The van der Waals surface area contributed by atoms with Crippen LogP contribution in [0, 0.1) is 0 Å². The lowest BCUT2D eigenvalue weighted by Crippen LogP contribution is -2.23. The molecular weight excluding hydrogens is 777 g/mol. The Bertz CT molecular complexity index is 1030. The van der Waals surface area contributed by atoms with Gasteiger partial charge in [-0.05, 0) is 75.4 Å². The summed E-state index contributed by atoms with van der Waals surface area (Å²) in [4.78, 5) is 25.6. The van der Waals surface area contributed by atoms with E-state index in [0.29, 0.717) is 0 Å². The van der Waals surface area contributed by atoms with Crippen LogP contribution in [0.5, 0.6) is 0 Å². The van der Waals surface area contributed by atoms with Crippen molar-refractivity contribution in [3.05, 3.63) is 46.6 Å². The van der Waals surface area contributed by atoms with Gasteiger partial charge in [-0.2, -0.15) is 0 Å². The van der Waals surface area contributed by atoms with Gasteiger partial charge in [0.25, 0.3) is 0 Å². The minimum absolute atomic E-state index is 0.103. The highest BCUT2D eigenvalue weighted by Crippen LogP contribution is 2.27. The summed E-state index contributed by atoms with van der Waals surface area (Å²) >= 11 is 0. The first-order chi connectivity index (χ1) is 31.1. The normalized spacial score (nSPS) is 13.8. The smallest absolute Gasteiger partial charge is 0.150 e. The minimum Gasteiger partial charge on any atom is -0.347 e. The van der Waals surface area contributed by atoms with Crippen molar-refractivity contribution in [2.45, 2.75) is 298 Å². The fraction of sp³-hybridized carbons (Fsp3) is 0.828. The van der Waals surface area contributed by atoms with Crippen molar-refractivity contribution >= 4 is 12.6 Å². The number of carbonyl (C=O) groups excluding carboxylic acids is 2. The van der Waals surface area contributed by atoms with E-state index in [9.17, 15) is 9.59 Å². The number of allylic oxidation sites excluding steroid dienone is 4. The number of rotatable bonds is 50. The van der Waals surface area contributed by atoms with Crippen LogP contribution in [-0.2, 0) is 23.8 Å². The number of unbranched alkanes of at least 4 members (excludes halogenated alkanes) is 30. The van der Waals surface area contributed by atoms with Crippen LogP contribution in [0.4, 0.5) is 0 Å². The topological polar surface area (TPSA) is 61.8 Å². The Morgan fingerprint density at radius 1 is 0.333 bits per heavy atom. The van der Waals surface area contributed by atoms with Crippen LogP contribution in [0.1, 0.15) is 286 Å². The second-order valence-electron chi connectivity index (χ2n) is 18.5. The number of hydrogen-bond acceptors (Lipinski definition) is 5. The molecule has 0 heterocycles. The molecule has 0 N–H and O–H groups in total. The van der Waals surface area contributed by atoms with Gasteiger partial charge in [-0.15, -0.1) is 0 Å². The Labute approximate surface area is 392 Å². The Hall–Kier alpha value is -1.82. The number of ether oxygens (including phenoxy) is 3. The highest BCUT2D eigenvalue weighted by Gasteiger charge is 2.21. The Morgan fingerprint density at radius 2 is 0.587 bits per heavy atom. The Kier molecular flexibility index (Phi) is 48.2. The molecule has 368 valence electrons. The molecule has 0 aromatic carbocycles. The van der Waals surface area contributed by atoms with E-state index in [1.165, 1.54) is 167 Å². The largest absolute Gasteiger partial charge is 0.347 e. The van der Waals surface area contributed by atoms with Crippen molar-refractivity contribution in [2.24, 2.45) is 0 Å². The summed E-state index contributed by atoms with van der Waals surface area (Å²) in [7, 11) is 0. The average Bonchev–Trinajstić information content (AvgIpc) is 3.29.